The van der Waals surface area contributed by atoms with E-state index in [-0.39, 0.29) is 11.7 Å². The molecule has 3 N–H and O–H groups in total. The Morgan fingerprint density at radius 3 is 2.86 bits per heavy atom. The van der Waals surface area contributed by atoms with Gasteiger partial charge in [-0.15, -0.1) is 0 Å². The van der Waals surface area contributed by atoms with Crippen molar-refractivity contribution in [2.75, 3.05) is 13.1 Å². The summed E-state index contributed by atoms with van der Waals surface area (Å²) in [7, 11) is 0. The number of nitrogens with two attached hydrogens (primary N) is 1. The summed E-state index contributed by atoms with van der Waals surface area (Å²) < 4.78 is 1.96. The van der Waals surface area contributed by atoms with Crippen molar-refractivity contribution >= 4 is 22.8 Å². The molecule has 116 valence electrons. The van der Waals surface area contributed by atoms with E-state index in [1.807, 2.05) is 15.5 Å². The number of hydrogen-bond donors (Lipinski definition) is 2. The lowest BCUT2D eigenvalue weighted by atomic mass is 10.2. The smallest absolute Gasteiger partial charge is 0.224 e. The van der Waals surface area contributed by atoms with Crippen LogP contribution in [0.2, 0.25) is 0 Å². The number of benzene rings is 1. The number of carbonyl (C=O) groups excluding carboxylic acids is 1. The molecule has 0 unspecified atom stereocenters. The monoisotopic (exact) mass is 301 g/mol. The van der Waals surface area contributed by atoms with E-state index in [1.54, 1.807) is 18.5 Å². The first-order chi connectivity index (χ1) is 10.7. The van der Waals surface area contributed by atoms with Gasteiger partial charge in [-0.2, -0.15) is 0 Å². The number of amidine groups is 1. The summed E-state index contributed by atoms with van der Waals surface area (Å²) >= 11 is 0. The maximum atomic E-state index is 12.1. The first-order valence-corrected chi connectivity index (χ1v) is 7.39. The highest BCUT2D eigenvalue weighted by molar-refractivity contribution is 5.99. The summed E-state index contributed by atoms with van der Waals surface area (Å²) in [6, 6.07) is 5.41. The van der Waals surface area contributed by atoms with Crippen LogP contribution in [0, 0.1) is 0 Å². The van der Waals surface area contributed by atoms with E-state index < -0.39 is 0 Å². The van der Waals surface area contributed by atoms with Crippen LogP contribution in [-0.4, -0.2) is 44.5 Å². The Morgan fingerprint density at radius 2 is 2.14 bits per heavy atom. The van der Waals surface area contributed by atoms with Gasteiger partial charge in [0.2, 0.25) is 5.91 Å². The second-order valence-electron chi connectivity index (χ2n) is 5.46. The highest BCUT2D eigenvalue weighted by atomic mass is 16.4. The van der Waals surface area contributed by atoms with Gasteiger partial charge in [0.1, 0.15) is 0 Å². The fourth-order valence-electron chi connectivity index (χ4n) is 2.80. The number of carbonyl (C=O) groups is 1. The Hall–Kier alpha value is -2.57. The van der Waals surface area contributed by atoms with Crippen LogP contribution >= 0.6 is 0 Å². The fraction of sp³-hybridized carbons (Fsp3) is 0.400. The van der Waals surface area contributed by atoms with Gasteiger partial charge < -0.3 is 20.4 Å². The molecule has 7 nitrogen and oxygen atoms in total. The molecule has 0 atom stereocenters. The van der Waals surface area contributed by atoms with E-state index in [0.717, 1.165) is 37.0 Å². The second-order valence-corrected chi connectivity index (χ2v) is 5.46. The Kier molecular flexibility index (Phi) is 3.95. The van der Waals surface area contributed by atoms with Gasteiger partial charge in [-0.1, -0.05) is 5.16 Å². The third-order valence-electron chi connectivity index (χ3n) is 4.05. The summed E-state index contributed by atoms with van der Waals surface area (Å²) in [5, 5.41) is 11.7. The minimum Gasteiger partial charge on any atom is -0.409 e. The van der Waals surface area contributed by atoms with Crippen molar-refractivity contribution < 1.29 is 10.0 Å². The molecule has 2 heterocycles. The van der Waals surface area contributed by atoms with Gasteiger partial charge in [0.05, 0.1) is 17.4 Å². The first-order valence-electron chi connectivity index (χ1n) is 7.39. The highest BCUT2D eigenvalue weighted by Crippen LogP contribution is 2.16. The second kappa shape index (κ2) is 6.05. The van der Waals surface area contributed by atoms with E-state index in [2.05, 4.69) is 10.1 Å². The lowest BCUT2D eigenvalue weighted by Gasteiger charge is -2.15. The minimum absolute atomic E-state index is 0.0562. The number of aryl methyl sites for hydroxylation is 1. The number of hydrogen-bond acceptors (Lipinski definition) is 4. The van der Waals surface area contributed by atoms with E-state index in [1.165, 1.54) is 0 Å². The minimum atomic E-state index is 0.0562. The van der Waals surface area contributed by atoms with Crippen molar-refractivity contribution in [2.24, 2.45) is 10.9 Å². The fourth-order valence-corrected chi connectivity index (χ4v) is 2.80. The summed E-state index contributed by atoms with van der Waals surface area (Å²) in [6.45, 7) is 2.37. The molecule has 22 heavy (non-hydrogen) atoms. The van der Waals surface area contributed by atoms with Gasteiger partial charge in [-0.25, -0.2) is 4.98 Å². The molecule has 1 aliphatic rings. The van der Waals surface area contributed by atoms with Crippen molar-refractivity contribution in [2.45, 2.75) is 25.8 Å². The van der Waals surface area contributed by atoms with Gasteiger partial charge in [-0.05, 0) is 31.0 Å². The number of aromatic nitrogens is 2. The maximum Gasteiger partial charge on any atom is 0.224 e. The largest absolute Gasteiger partial charge is 0.409 e. The van der Waals surface area contributed by atoms with Gasteiger partial charge in [-0.3, -0.25) is 4.79 Å². The lowest BCUT2D eigenvalue weighted by Crippen LogP contribution is -2.28. The van der Waals surface area contributed by atoms with Crippen LogP contribution in [0.15, 0.2) is 29.7 Å². The van der Waals surface area contributed by atoms with E-state index in [9.17, 15) is 4.79 Å². The summed E-state index contributed by atoms with van der Waals surface area (Å²) in [4.78, 5) is 18.3. The number of fused-ring (bicyclic) bond motifs is 1. The normalized spacial score (nSPS) is 15.6. The lowest BCUT2D eigenvalue weighted by molar-refractivity contribution is -0.130. The molecule has 3 rings (SSSR count). The summed E-state index contributed by atoms with van der Waals surface area (Å²) in [5.41, 5.74) is 7.89. The van der Waals surface area contributed by atoms with Gasteiger partial charge in [0.15, 0.2) is 5.84 Å². The quantitative estimate of drug-likeness (QED) is 0.383. The topological polar surface area (TPSA) is 96.7 Å². The maximum absolute atomic E-state index is 12.1. The molecule has 1 aromatic carbocycles. The standard InChI is InChI=1S/C15H19N5O2/c16-15(18-22)11-3-4-13-12(9-11)17-10-20(13)8-5-14(21)19-6-1-2-7-19/h3-4,9-10,22H,1-2,5-8H2,(H2,16,18). The molecule has 1 fully saturated rings. The number of imidazole rings is 1. The van der Waals surface area contributed by atoms with Crippen molar-refractivity contribution in [3.8, 4) is 0 Å². The van der Waals surface area contributed by atoms with Crippen LogP contribution in [0.5, 0.6) is 0 Å². The van der Waals surface area contributed by atoms with E-state index in [0.29, 0.717) is 18.5 Å². The van der Waals surface area contributed by atoms with Crippen LogP contribution in [0.1, 0.15) is 24.8 Å². The number of rotatable bonds is 4. The molecule has 1 saturated heterocycles. The van der Waals surface area contributed by atoms with Crippen molar-refractivity contribution in [1.29, 1.82) is 0 Å². The van der Waals surface area contributed by atoms with E-state index in [4.69, 9.17) is 10.9 Å². The zero-order valence-electron chi connectivity index (χ0n) is 12.3. The van der Waals surface area contributed by atoms with Crippen molar-refractivity contribution in [1.82, 2.24) is 14.5 Å². The van der Waals surface area contributed by atoms with Gasteiger partial charge in [0, 0.05) is 31.6 Å². The van der Waals surface area contributed by atoms with Gasteiger partial charge >= 0.3 is 0 Å². The molecule has 7 heteroatoms. The van der Waals surface area contributed by atoms with E-state index >= 15 is 0 Å². The van der Waals surface area contributed by atoms with Crippen LogP contribution in [0.4, 0.5) is 0 Å². The molecule has 0 aliphatic carbocycles. The van der Waals surface area contributed by atoms with Crippen LogP contribution in [-0.2, 0) is 11.3 Å². The van der Waals surface area contributed by atoms with Crippen LogP contribution in [0.25, 0.3) is 11.0 Å². The van der Waals surface area contributed by atoms with Crippen molar-refractivity contribution in [3.05, 3.63) is 30.1 Å². The molecule has 0 saturated carbocycles. The van der Waals surface area contributed by atoms with Crippen LogP contribution in [0.3, 0.4) is 0 Å². The number of likely N-dealkylation sites (tertiary alicyclic amines) is 1. The third-order valence-corrected chi connectivity index (χ3v) is 4.05. The molecule has 2 aromatic rings. The SMILES string of the molecule is N/C(=N/O)c1ccc2c(c1)ncn2CCC(=O)N1CCCC1. The molecule has 0 bridgehead atoms. The Balaban J connectivity index is 1.73. The summed E-state index contributed by atoms with van der Waals surface area (Å²) in [5.74, 6) is 0.258. The predicted octanol–water partition coefficient (Wildman–Crippen LogP) is 1.14. The predicted molar refractivity (Wildman–Crippen MR) is 82.7 cm³/mol. The summed E-state index contributed by atoms with van der Waals surface area (Å²) in [6.07, 6.45) is 4.41. The zero-order chi connectivity index (χ0) is 15.5. The first kappa shape index (κ1) is 14.4. The van der Waals surface area contributed by atoms with Crippen molar-refractivity contribution in [3.63, 3.8) is 0 Å². The Bertz CT molecular complexity index is 716. The Morgan fingerprint density at radius 1 is 1.36 bits per heavy atom. The molecule has 1 aliphatic heterocycles. The molecule has 0 spiro atoms. The van der Waals surface area contributed by atoms with Gasteiger partial charge in [0.25, 0.3) is 0 Å². The number of nitrogens with zero attached hydrogens (tertiary/aromatic N) is 4. The average molecular weight is 301 g/mol. The highest BCUT2D eigenvalue weighted by Gasteiger charge is 2.17. The third kappa shape index (κ3) is 2.74. The molecule has 0 radical (unpaired) electrons. The average Bonchev–Trinajstić information content (AvgIpc) is 3.21. The number of amides is 1. The van der Waals surface area contributed by atoms with Crippen LogP contribution < -0.4 is 5.73 Å². The Labute approximate surface area is 128 Å². The zero-order valence-corrected chi connectivity index (χ0v) is 12.3. The molecule has 1 aromatic heterocycles. The molecular formula is C15H19N5O2. The molecule has 1 amide bonds. The molecular weight excluding hydrogens is 282 g/mol. The number of oxime groups is 1.